The first-order valence-electron chi connectivity index (χ1n) is 7.79. The quantitative estimate of drug-likeness (QED) is 0.653. The molecule has 0 N–H and O–H groups in total. The maximum Gasteiger partial charge on any atom is 0.346 e. The lowest BCUT2D eigenvalue weighted by Crippen LogP contribution is -2.50. The first-order valence-corrected chi connectivity index (χ1v) is 8.55. The van der Waals surface area contributed by atoms with Gasteiger partial charge in [0.1, 0.15) is 5.52 Å². The second kappa shape index (κ2) is 6.50. The van der Waals surface area contributed by atoms with Crippen molar-refractivity contribution in [1.29, 1.82) is 0 Å². The molecule has 0 spiro atoms. The molecule has 1 aromatic carbocycles. The van der Waals surface area contributed by atoms with Gasteiger partial charge in [-0.2, -0.15) is 4.68 Å². The molecule has 25 heavy (non-hydrogen) atoms. The van der Waals surface area contributed by atoms with Crippen LogP contribution in [0.15, 0.2) is 36.5 Å². The summed E-state index contributed by atoms with van der Waals surface area (Å²) in [5.41, 5.74) is 2.07. The number of halogens is 2. The lowest BCUT2D eigenvalue weighted by atomic mass is 10.2. The Bertz CT molecular complexity index is 935. The van der Waals surface area contributed by atoms with Crippen LogP contribution in [0.1, 0.15) is 0 Å². The molecule has 0 aliphatic carbocycles. The summed E-state index contributed by atoms with van der Waals surface area (Å²) in [5, 5.41) is 8.93. The van der Waals surface area contributed by atoms with Crippen molar-refractivity contribution in [3.05, 3.63) is 46.6 Å². The molecule has 1 saturated heterocycles. The molecule has 3 aromatic rings. The van der Waals surface area contributed by atoms with E-state index >= 15 is 0 Å². The van der Waals surface area contributed by atoms with Crippen LogP contribution >= 0.6 is 23.2 Å². The number of piperazine rings is 1. The van der Waals surface area contributed by atoms with Crippen molar-refractivity contribution in [2.75, 3.05) is 31.1 Å². The third kappa shape index (κ3) is 3.01. The van der Waals surface area contributed by atoms with E-state index in [0.29, 0.717) is 47.4 Å². The zero-order valence-electron chi connectivity index (χ0n) is 13.1. The van der Waals surface area contributed by atoms with Crippen molar-refractivity contribution in [3.63, 3.8) is 0 Å². The first-order chi connectivity index (χ1) is 12.1. The Hall–Kier alpha value is -2.38. The van der Waals surface area contributed by atoms with Crippen molar-refractivity contribution < 1.29 is 4.79 Å². The number of fused-ring (bicyclic) bond motifs is 1. The van der Waals surface area contributed by atoms with Crippen molar-refractivity contribution in [3.8, 4) is 0 Å². The van der Waals surface area contributed by atoms with E-state index in [-0.39, 0.29) is 6.03 Å². The van der Waals surface area contributed by atoms with E-state index in [1.54, 1.807) is 29.3 Å². The van der Waals surface area contributed by atoms with Gasteiger partial charge in [-0.3, -0.25) is 0 Å². The molecule has 3 heterocycles. The molecule has 1 amide bonds. The van der Waals surface area contributed by atoms with Crippen LogP contribution in [-0.4, -0.2) is 57.1 Å². The van der Waals surface area contributed by atoms with Gasteiger partial charge in [0.2, 0.25) is 5.65 Å². The second-order valence-electron chi connectivity index (χ2n) is 5.70. The molecule has 4 rings (SSSR count). The first kappa shape index (κ1) is 16.1. The molecule has 1 aliphatic heterocycles. The number of aromatic nitrogens is 4. The molecule has 7 nitrogen and oxygen atoms in total. The number of hydrogen-bond donors (Lipinski definition) is 0. The van der Waals surface area contributed by atoms with Gasteiger partial charge in [0.05, 0.1) is 10.0 Å². The number of benzene rings is 1. The van der Waals surface area contributed by atoms with Gasteiger partial charge in [-0.1, -0.05) is 28.4 Å². The Labute approximate surface area is 153 Å². The van der Waals surface area contributed by atoms with Crippen molar-refractivity contribution in [2.45, 2.75) is 0 Å². The summed E-state index contributed by atoms with van der Waals surface area (Å²) in [6, 6.07) is 8.92. The normalized spacial score (nSPS) is 15.0. The molecule has 0 atom stereocenters. The zero-order valence-corrected chi connectivity index (χ0v) is 14.7. The highest BCUT2D eigenvalue weighted by Gasteiger charge is 2.24. The van der Waals surface area contributed by atoms with E-state index in [2.05, 4.69) is 20.2 Å². The number of amides is 1. The van der Waals surface area contributed by atoms with Crippen LogP contribution in [0.4, 0.5) is 10.5 Å². The number of rotatable bonds is 1. The monoisotopic (exact) mass is 376 g/mol. The number of hydrogen-bond acceptors (Lipinski definition) is 5. The molecule has 1 fully saturated rings. The van der Waals surface area contributed by atoms with Gasteiger partial charge in [0.25, 0.3) is 0 Å². The van der Waals surface area contributed by atoms with Crippen LogP contribution in [0.2, 0.25) is 10.0 Å². The third-order valence-electron chi connectivity index (χ3n) is 4.22. The summed E-state index contributed by atoms with van der Waals surface area (Å²) >= 11 is 12.1. The molecule has 2 aromatic heterocycles. The average Bonchev–Trinajstić information content (AvgIpc) is 3.08. The summed E-state index contributed by atoms with van der Waals surface area (Å²) in [7, 11) is 0. The van der Waals surface area contributed by atoms with Gasteiger partial charge >= 0.3 is 6.03 Å². The molecule has 128 valence electrons. The van der Waals surface area contributed by atoms with Crippen LogP contribution in [-0.2, 0) is 0 Å². The predicted molar refractivity (Wildman–Crippen MR) is 96.4 cm³/mol. The van der Waals surface area contributed by atoms with E-state index in [1.165, 1.54) is 4.68 Å². The lowest BCUT2D eigenvalue weighted by Gasteiger charge is -2.35. The zero-order chi connectivity index (χ0) is 17.4. The summed E-state index contributed by atoms with van der Waals surface area (Å²) in [6.45, 7) is 2.57. The Morgan fingerprint density at radius 3 is 2.60 bits per heavy atom. The van der Waals surface area contributed by atoms with E-state index in [4.69, 9.17) is 23.2 Å². The highest BCUT2D eigenvalue weighted by Crippen LogP contribution is 2.27. The van der Waals surface area contributed by atoms with Crippen LogP contribution < -0.4 is 4.90 Å². The van der Waals surface area contributed by atoms with E-state index in [1.807, 2.05) is 12.1 Å². The number of nitrogens with zero attached hydrogens (tertiary/aromatic N) is 6. The molecule has 0 unspecified atom stereocenters. The van der Waals surface area contributed by atoms with Gasteiger partial charge in [0, 0.05) is 38.1 Å². The largest absolute Gasteiger partial charge is 0.368 e. The van der Waals surface area contributed by atoms with Crippen molar-refractivity contribution in [2.24, 2.45) is 0 Å². The average molecular weight is 377 g/mol. The number of pyridine rings is 1. The standard InChI is InChI=1S/C16H14Cl2N6O/c17-12-4-3-11(10-13(12)18)22-6-8-23(9-7-22)16(25)24-14-2-1-5-19-15(14)20-21-24/h1-5,10H,6-9H2. The van der Waals surface area contributed by atoms with Crippen molar-refractivity contribution >= 4 is 46.1 Å². The molecule has 0 saturated carbocycles. The fourth-order valence-corrected chi connectivity index (χ4v) is 3.17. The summed E-state index contributed by atoms with van der Waals surface area (Å²) in [4.78, 5) is 20.8. The molecular weight excluding hydrogens is 363 g/mol. The van der Waals surface area contributed by atoms with E-state index < -0.39 is 0 Å². The van der Waals surface area contributed by atoms with E-state index in [9.17, 15) is 4.79 Å². The van der Waals surface area contributed by atoms with E-state index in [0.717, 1.165) is 5.69 Å². The Morgan fingerprint density at radius 1 is 1.04 bits per heavy atom. The maximum atomic E-state index is 12.7. The lowest BCUT2D eigenvalue weighted by molar-refractivity contribution is 0.193. The Kier molecular flexibility index (Phi) is 4.19. The maximum absolute atomic E-state index is 12.7. The van der Waals surface area contributed by atoms with Gasteiger partial charge in [-0.05, 0) is 30.3 Å². The Balaban J connectivity index is 1.48. The minimum absolute atomic E-state index is 0.190. The minimum atomic E-state index is -0.190. The van der Waals surface area contributed by atoms with Crippen LogP contribution in [0, 0.1) is 0 Å². The number of carbonyl (C=O) groups is 1. The fourth-order valence-electron chi connectivity index (χ4n) is 2.88. The highest BCUT2D eigenvalue weighted by atomic mass is 35.5. The van der Waals surface area contributed by atoms with Gasteiger partial charge in [0.15, 0.2) is 0 Å². The summed E-state index contributed by atoms with van der Waals surface area (Å²) in [5.74, 6) is 0. The SMILES string of the molecule is O=C(N1CCN(c2ccc(Cl)c(Cl)c2)CC1)n1nnc2ncccc21. The summed E-state index contributed by atoms with van der Waals surface area (Å²) in [6.07, 6.45) is 1.63. The van der Waals surface area contributed by atoms with Crippen LogP contribution in [0.3, 0.4) is 0 Å². The third-order valence-corrected chi connectivity index (χ3v) is 4.96. The van der Waals surface area contributed by atoms with Gasteiger partial charge in [-0.25, -0.2) is 9.78 Å². The Morgan fingerprint density at radius 2 is 1.84 bits per heavy atom. The predicted octanol–water partition coefficient (Wildman–Crippen LogP) is 2.92. The molecule has 0 radical (unpaired) electrons. The fraction of sp³-hybridized carbons (Fsp3) is 0.250. The molecule has 0 bridgehead atoms. The minimum Gasteiger partial charge on any atom is -0.368 e. The number of anilines is 1. The smallest absolute Gasteiger partial charge is 0.346 e. The van der Waals surface area contributed by atoms with Crippen LogP contribution in [0.5, 0.6) is 0 Å². The van der Waals surface area contributed by atoms with Gasteiger partial charge < -0.3 is 9.80 Å². The topological polar surface area (TPSA) is 67.2 Å². The highest BCUT2D eigenvalue weighted by molar-refractivity contribution is 6.42. The van der Waals surface area contributed by atoms with Crippen molar-refractivity contribution in [1.82, 2.24) is 24.9 Å². The second-order valence-corrected chi connectivity index (χ2v) is 6.52. The molecule has 9 heteroatoms. The van der Waals surface area contributed by atoms with Crippen LogP contribution in [0.25, 0.3) is 11.2 Å². The summed E-state index contributed by atoms with van der Waals surface area (Å²) < 4.78 is 1.30. The number of carbonyl (C=O) groups excluding carboxylic acids is 1. The molecular formula is C16H14Cl2N6O. The molecule has 1 aliphatic rings. The van der Waals surface area contributed by atoms with Gasteiger partial charge in [-0.15, -0.1) is 5.10 Å².